The van der Waals surface area contributed by atoms with Gasteiger partial charge in [-0.05, 0) is 61.6 Å². The summed E-state index contributed by atoms with van der Waals surface area (Å²) in [5.41, 5.74) is 2.91. The van der Waals surface area contributed by atoms with Gasteiger partial charge in [-0.25, -0.2) is 0 Å². The third kappa shape index (κ3) is 7.16. The van der Waals surface area contributed by atoms with Crippen LogP contribution in [0, 0.1) is 0 Å². The Bertz CT molecular complexity index is 1220. The van der Waals surface area contributed by atoms with Crippen molar-refractivity contribution >= 4 is 34.5 Å². The summed E-state index contributed by atoms with van der Waals surface area (Å²) < 4.78 is 21.3. The highest BCUT2D eigenvalue weighted by Crippen LogP contribution is 2.33. The van der Waals surface area contributed by atoms with Crippen molar-refractivity contribution in [1.29, 1.82) is 0 Å². The summed E-state index contributed by atoms with van der Waals surface area (Å²) in [6, 6.07) is 11.5. The molecule has 1 atom stereocenters. The van der Waals surface area contributed by atoms with Gasteiger partial charge in [-0.1, -0.05) is 23.9 Å². The normalized spacial score (nSPS) is 17.9. The van der Waals surface area contributed by atoms with Crippen LogP contribution in [-0.2, 0) is 22.4 Å². The Morgan fingerprint density at radius 2 is 1.84 bits per heavy atom. The zero-order valence-electron chi connectivity index (χ0n) is 21.0. The van der Waals surface area contributed by atoms with Crippen molar-refractivity contribution in [3.63, 3.8) is 0 Å². The Kier molecular flexibility index (Phi) is 8.89. The first kappa shape index (κ1) is 26.3. The molecule has 196 valence electrons. The predicted octanol–water partition coefficient (Wildman–Crippen LogP) is 3.08. The van der Waals surface area contributed by atoms with Gasteiger partial charge in [-0.3, -0.25) is 9.59 Å². The lowest BCUT2D eigenvalue weighted by atomic mass is 10.1. The number of ether oxygens (including phenoxy) is 4. The van der Waals surface area contributed by atoms with E-state index in [2.05, 4.69) is 20.8 Å². The lowest BCUT2D eigenvalue weighted by molar-refractivity contribution is -0.125. The molecule has 0 aromatic heterocycles. The van der Waals surface area contributed by atoms with Crippen molar-refractivity contribution in [2.24, 2.45) is 10.2 Å². The van der Waals surface area contributed by atoms with Gasteiger partial charge in [0.05, 0.1) is 19.5 Å². The molecule has 2 heterocycles. The molecular weight excluding hydrogens is 496 g/mol. The van der Waals surface area contributed by atoms with E-state index in [1.54, 1.807) is 14.2 Å². The monoisotopic (exact) mass is 526 g/mol. The Morgan fingerprint density at radius 3 is 2.65 bits per heavy atom. The van der Waals surface area contributed by atoms with E-state index < -0.39 is 5.25 Å². The Morgan fingerprint density at radius 1 is 1.08 bits per heavy atom. The van der Waals surface area contributed by atoms with Crippen molar-refractivity contribution in [3.05, 3.63) is 47.5 Å². The summed E-state index contributed by atoms with van der Waals surface area (Å²) in [5, 5.41) is 13.8. The lowest BCUT2D eigenvalue weighted by Crippen LogP contribution is -2.44. The van der Waals surface area contributed by atoms with Crippen molar-refractivity contribution in [3.8, 4) is 23.0 Å². The summed E-state index contributed by atoms with van der Waals surface area (Å²) in [6.07, 6.45) is 2.15. The topological polar surface area (TPSA) is 120 Å². The number of carbonyl (C=O) groups is 2. The minimum atomic E-state index is -0.568. The quantitative estimate of drug-likeness (QED) is 0.361. The van der Waals surface area contributed by atoms with Crippen LogP contribution in [0.15, 0.2) is 46.6 Å². The number of fused-ring (bicyclic) bond motifs is 1. The Balaban J connectivity index is 1.27. The number of hydrogen-bond donors (Lipinski definition) is 2. The van der Waals surface area contributed by atoms with Gasteiger partial charge in [-0.2, -0.15) is 5.10 Å². The maximum absolute atomic E-state index is 12.7. The zero-order chi connectivity index (χ0) is 26.2. The largest absolute Gasteiger partial charge is 0.493 e. The molecule has 0 radical (unpaired) electrons. The predicted molar refractivity (Wildman–Crippen MR) is 142 cm³/mol. The van der Waals surface area contributed by atoms with E-state index in [-0.39, 0.29) is 25.0 Å². The standard InChI is InChI=1S/C26H30N4O6S/c1-16(4-5-17-7-9-20-22(13-17)36-15-35-20)29-30-26-28-24(31)14-23(37-26)25(32)27-11-10-18-6-8-19(33-2)21(12-18)34-3/h6-9,12-13,23H,4-5,10-11,14-15H2,1-3H3,(H,27,32)(H,28,30,31). The summed E-state index contributed by atoms with van der Waals surface area (Å²) in [6.45, 7) is 2.55. The maximum Gasteiger partial charge on any atom is 0.234 e. The molecule has 2 aliphatic rings. The number of thioether (sulfide) groups is 1. The molecule has 0 bridgehead atoms. The van der Waals surface area contributed by atoms with Gasteiger partial charge >= 0.3 is 0 Å². The SMILES string of the molecule is COc1ccc(CCNC(=O)C2CC(=O)NC(=NN=C(C)CCc3ccc4c(c3)OCO4)S2)cc1OC. The van der Waals surface area contributed by atoms with Gasteiger partial charge in [0.1, 0.15) is 0 Å². The van der Waals surface area contributed by atoms with Crippen molar-refractivity contribution in [1.82, 2.24) is 10.6 Å². The van der Waals surface area contributed by atoms with Crippen molar-refractivity contribution in [2.45, 2.75) is 37.9 Å². The molecule has 2 aliphatic heterocycles. The van der Waals surface area contributed by atoms with Gasteiger partial charge in [0.15, 0.2) is 28.2 Å². The van der Waals surface area contributed by atoms with Crippen LogP contribution in [0.3, 0.4) is 0 Å². The molecular formula is C26H30N4O6S. The average Bonchev–Trinajstić information content (AvgIpc) is 3.38. The second-order valence-corrected chi connectivity index (χ2v) is 9.71. The van der Waals surface area contributed by atoms with Crippen LogP contribution in [0.5, 0.6) is 23.0 Å². The number of hydrogen-bond acceptors (Lipinski definition) is 9. The molecule has 0 spiro atoms. The average molecular weight is 527 g/mol. The molecule has 0 aliphatic carbocycles. The number of benzene rings is 2. The molecule has 11 heteroatoms. The highest BCUT2D eigenvalue weighted by molar-refractivity contribution is 8.15. The number of rotatable bonds is 10. The molecule has 2 N–H and O–H groups in total. The minimum Gasteiger partial charge on any atom is -0.493 e. The molecule has 37 heavy (non-hydrogen) atoms. The molecule has 2 aromatic carbocycles. The second kappa shape index (κ2) is 12.5. The molecule has 4 rings (SSSR count). The second-order valence-electron chi connectivity index (χ2n) is 8.52. The first-order valence-electron chi connectivity index (χ1n) is 11.9. The van der Waals surface area contributed by atoms with Gasteiger partial charge < -0.3 is 29.6 Å². The van der Waals surface area contributed by atoms with E-state index in [1.807, 2.05) is 43.3 Å². The number of amidine groups is 1. The highest BCUT2D eigenvalue weighted by atomic mass is 32.2. The fraction of sp³-hybridized carbons (Fsp3) is 0.385. The first-order valence-corrected chi connectivity index (χ1v) is 12.8. The number of carbonyl (C=O) groups excluding carboxylic acids is 2. The summed E-state index contributed by atoms with van der Waals surface area (Å²) in [7, 11) is 3.17. The van der Waals surface area contributed by atoms with E-state index in [4.69, 9.17) is 18.9 Å². The van der Waals surface area contributed by atoms with Gasteiger partial charge in [0, 0.05) is 18.7 Å². The summed E-state index contributed by atoms with van der Waals surface area (Å²) >= 11 is 1.20. The van der Waals surface area contributed by atoms with E-state index in [1.165, 1.54) is 11.8 Å². The van der Waals surface area contributed by atoms with E-state index in [0.29, 0.717) is 36.1 Å². The van der Waals surface area contributed by atoms with Gasteiger partial charge in [-0.15, -0.1) is 5.10 Å². The van der Waals surface area contributed by atoms with Crippen LogP contribution in [-0.4, -0.2) is 55.5 Å². The van der Waals surface area contributed by atoms with Crippen molar-refractivity contribution < 1.29 is 28.5 Å². The first-order chi connectivity index (χ1) is 17.9. The fourth-order valence-electron chi connectivity index (χ4n) is 3.82. The molecule has 2 aromatic rings. The van der Waals surface area contributed by atoms with Gasteiger partial charge in [0.25, 0.3) is 0 Å². The third-order valence-electron chi connectivity index (χ3n) is 5.85. The molecule has 10 nitrogen and oxygen atoms in total. The lowest BCUT2D eigenvalue weighted by Gasteiger charge is -2.21. The molecule has 1 fully saturated rings. The number of amides is 2. The fourth-order valence-corrected chi connectivity index (χ4v) is 4.78. The number of methoxy groups -OCH3 is 2. The summed E-state index contributed by atoms with van der Waals surface area (Å²) in [5.74, 6) is 2.32. The number of aryl methyl sites for hydroxylation is 1. The van der Waals surface area contributed by atoms with E-state index in [0.717, 1.165) is 34.8 Å². The van der Waals surface area contributed by atoms with Crippen LogP contribution in [0.4, 0.5) is 0 Å². The van der Waals surface area contributed by atoms with E-state index >= 15 is 0 Å². The van der Waals surface area contributed by atoms with Crippen LogP contribution in [0.25, 0.3) is 0 Å². The molecule has 1 unspecified atom stereocenters. The smallest absolute Gasteiger partial charge is 0.234 e. The van der Waals surface area contributed by atoms with E-state index in [9.17, 15) is 9.59 Å². The number of nitrogens with zero attached hydrogens (tertiary/aromatic N) is 2. The van der Waals surface area contributed by atoms with Crippen LogP contribution in [0.2, 0.25) is 0 Å². The minimum absolute atomic E-state index is 0.0820. The Labute approximate surface area is 219 Å². The third-order valence-corrected chi connectivity index (χ3v) is 6.92. The Hall–Kier alpha value is -3.73. The maximum atomic E-state index is 12.7. The van der Waals surface area contributed by atoms with Crippen LogP contribution in [0.1, 0.15) is 30.9 Å². The molecule has 1 saturated heterocycles. The number of nitrogens with one attached hydrogen (secondary N) is 2. The highest BCUT2D eigenvalue weighted by Gasteiger charge is 2.30. The van der Waals surface area contributed by atoms with Gasteiger partial charge in [0.2, 0.25) is 18.6 Å². The summed E-state index contributed by atoms with van der Waals surface area (Å²) in [4.78, 5) is 24.9. The zero-order valence-corrected chi connectivity index (χ0v) is 21.9. The van der Waals surface area contributed by atoms with Crippen LogP contribution < -0.4 is 29.6 Å². The van der Waals surface area contributed by atoms with Crippen molar-refractivity contribution in [2.75, 3.05) is 27.6 Å². The molecule has 0 saturated carbocycles. The molecule has 2 amide bonds. The van der Waals surface area contributed by atoms with Crippen LogP contribution >= 0.6 is 11.8 Å².